The van der Waals surface area contributed by atoms with E-state index in [1.807, 2.05) is 42.2 Å². The van der Waals surface area contributed by atoms with E-state index in [4.69, 9.17) is 21.6 Å². The molecule has 196 valence electrons. The van der Waals surface area contributed by atoms with Crippen LogP contribution in [0.25, 0.3) is 0 Å². The molecule has 5 rings (SSSR count). The minimum absolute atomic E-state index is 0.0287. The molecule has 0 radical (unpaired) electrons. The highest BCUT2D eigenvalue weighted by Crippen LogP contribution is 2.38. The summed E-state index contributed by atoms with van der Waals surface area (Å²) < 4.78 is 19.4. The number of hydrogen-bond acceptors (Lipinski definition) is 7. The summed E-state index contributed by atoms with van der Waals surface area (Å²) in [6.07, 6.45) is 2.33. The number of carbonyl (C=O) groups is 1. The van der Waals surface area contributed by atoms with Crippen LogP contribution in [-0.4, -0.2) is 58.3 Å². The van der Waals surface area contributed by atoms with Crippen LogP contribution < -0.4 is 9.64 Å². The fourth-order valence-electron chi connectivity index (χ4n) is 5.42. The minimum atomic E-state index is -0.418. The second-order valence-corrected chi connectivity index (χ2v) is 10.3. The monoisotopic (exact) mass is 534 g/mol. The lowest BCUT2D eigenvalue weighted by Gasteiger charge is -2.33. The van der Waals surface area contributed by atoms with Gasteiger partial charge in [0.1, 0.15) is 18.0 Å². The van der Waals surface area contributed by atoms with E-state index in [0.717, 1.165) is 30.4 Å². The number of anilines is 1. The Labute approximate surface area is 226 Å². The molecule has 2 aliphatic heterocycles. The molecule has 38 heavy (non-hydrogen) atoms. The third-order valence-corrected chi connectivity index (χ3v) is 7.77. The first-order valence-electron chi connectivity index (χ1n) is 12.7. The topological polar surface area (TPSA) is 95.2 Å². The van der Waals surface area contributed by atoms with E-state index in [9.17, 15) is 9.18 Å². The molecule has 0 unspecified atom stereocenters. The SMILES string of the molecule is C[C@H](Oc1ccc(F)cn1)[C@H]1CN(C(=O)C2CCN(c3ccc(C#N)nn3)CC2)C[C@@H]1c1ccc(Cl)cc1. The molecule has 1 aromatic carbocycles. The molecule has 0 aliphatic carbocycles. The summed E-state index contributed by atoms with van der Waals surface area (Å²) in [7, 11) is 0. The van der Waals surface area contributed by atoms with Crippen LogP contribution in [0.1, 0.15) is 36.9 Å². The number of hydrogen-bond donors (Lipinski definition) is 0. The number of halogens is 2. The fourth-order valence-corrected chi connectivity index (χ4v) is 5.55. The number of nitriles is 1. The van der Waals surface area contributed by atoms with Gasteiger partial charge >= 0.3 is 0 Å². The van der Waals surface area contributed by atoms with Gasteiger partial charge in [0.05, 0.1) is 6.20 Å². The molecule has 10 heteroatoms. The first-order valence-corrected chi connectivity index (χ1v) is 13.1. The predicted octanol–water partition coefficient (Wildman–Crippen LogP) is 4.46. The van der Waals surface area contributed by atoms with Crippen molar-refractivity contribution >= 4 is 23.3 Å². The summed E-state index contributed by atoms with van der Waals surface area (Å²) in [6, 6.07) is 16.0. The minimum Gasteiger partial charge on any atom is -0.474 e. The molecule has 0 N–H and O–H groups in total. The highest BCUT2D eigenvalue weighted by atomic mass is 35.5. The van der Waals surface area contributed by atoms with Gasteiger partial charge in [0.2, 0.25) is 11.8 Å². The molecule has 3 aromatic rings. The number of piperidine rings is 1. The molecule has 8 nitrogen and oxygen atoms in total. The predicted molar refractivity (Wildman–Crippen MR) is 140 cm³/mol. The molecule has 2 fully saturated rings. The molecule has 4 heterocycles. The highest BCUT2D eigenvalue weighted by molar-refractivity contribution is 6.30. The quantitative estimate of drug-likeness (QED) is 0.460. The van der Waals surface area contributed by atoms with Gasteiger partial charge in [-0.2, -0.15) is 5.26 Å². The number of nitrogens with zero attached hydrogens (tertiary/aromatic N) is 6. The molecule has 2 aliphatic rings. The summed E-state index contributed by atoms with van der Waals surface area (Å²) in [4.78, 5) is 21.8. The first kappa shape index (κ1) is 25.9. The number of carbonyl (C=O) groups excluding carboxylic acids is 1. The number of amides is 1. The van der Waals surface area contributed by atoms with Gasteiger partial charge in [0.15, 0.2) is 11.5 Å². The highest BCUT2D eigenvalue weighted by Gasteiger charge is 2.42. The van der Waals surface area contributed by atoms with Gasteiger partial charge in [-0.1, -0.05) is 23.7 Å². The van der Waals surface area contributed by atoms with Gasteiger partial charge < -0.3 is 14.5 Å². The molecule has 0 bridgehead atoms. The van der Waals surface area contributed by atoms with Crippen LogP contribution in [-0.2, 0) is 4.79 Å². The van der Waals surface area contributed by atoms with E-state index in [1.54, 1.807) is 12.1 Å². The summed E-state index contributed by atoms with van der Waals surface area (Å²) >= 11 is 6.13. The van der Waals surface area contributed by atoms with Crippen LogP contribution in [0.15, 0.2) is 54.7 Å². The zero-order valence-electron chi connectivity index (χ0n) is 21.0. The summed E-state index contributed by atoms with van der Waals surface area (Å²) in [5, 5.41) is 17.7. The van der Waals surface area contributed by atoms with Crippen LogP contribution in [0, 0.1) is 29.0 Å². The zero-order chi connectivity index (χ0) is 26.6. The smallest absolute Gasteiger partial charge is 0.225 e. The van der Waals surface area contributed by atoms with E-state index in [-0.39, 0.29) is 35.5 Å². The maximum Gasteiger partial charge on any atom is 0.225 e. The number of benzene rings is 1. The molecule has 0 saturated carbocycles. The lowest BCUT2D eigenvalue weighted by atomic mass is 9.86. The Hall–Kier alpha value is -3.77. The first-order chi connectivity index (χ1) is 18.4. The number of aromatic nitrogens is 3. The van der Waals surface area contributed by atoms with E-state index in [1.165, 1.54) is 12.1 Å². The van der Waals surface area contributed by atoms with Crippen molar-refractivity contribution in [3.63, 3.8) is 0 Å². The number of pyridine rings is 1. The van der Waals surface area contributed by atoms with E-state index in [0.29, 0.717) is 37.1 Å². The van der Waals surface area contributed by atoms with Crippen LogP contribution in [0.3, 0.4) is 0 Å². The molecular formula is C28H28ClFN6O2. The standard InChI is InChI=1S/C28H28ClFN6O2/c1-18(38-27-9-6-22(30)15-32-27)24-16-36(17-25(24)19-2-4-21(29)5-3-19)28(37)20-10-12-35(13-11-20)26-8-7-23(14-31)33-34-26/h2-9,15,18,20,24-25H,10-13,16-17H2,1H3/t18-,24+,25+/m0/s1. The van der Waals surface area contributed by atoms with Crippen molar-refractivity contribution in [3.05, 3.63) is 76.8 Å². The van der Waals surface area contributed by atoms with Crippen LogP contribution >= 0.6 is 11.6 Å². The van der Waals surface area contributed by atoms with Crippen molar-refractivity contribution in [2.75, 3.05) is 31.1 Å². The second-order valence-electron chi connectivity index (χ2n) is 9.85. The second kappa shape index (κ2) is 11.3. The van der Waals surface area contributed by atoms with E-state index >= 15 is 0 Å². The van der Waals surface area contributed by atoms with Gasteiger partial charge in [0.25, 0.3) is 0 Å². The van der Waals surface area contributed by atoms with Crippen molar-refractivity contribution in [3.8, 4) is 11.9 Å². The Morgan fingerprint density at radius 3 is 2.50 bits per heavy atom. The molecule has 0 spiro atoms. The zero-order valence-corrected chi connectivity index (χ0v) is 21.8. The molecule has 2 saturated heterocycles. The third-order valence-electron chi connectivity index (χ3n) is 7.52. The Morgan fingerprint density at radius 1 is 1.11 bits per heavy atom. The van der Waals surface area contributed by atoms with Gasteiger partial charge in [-0.05, 0) is 55.7 Å². The van der Waals surface area contributed by atoms with Gasteiger partial charge in [-0.25, -0.2) is 9.37 Å². The Morgan fingerprint density at radius 2 is 1.87 bits per heavy atom. The fraction of sp³-hybridized carbons (Fsp3) is 0.393. The molecule has 1 amide bonds. The number of rotatable bonds is 6. The molecular weight excluding hydrogens is 507 g/mol. The largest absolute Gasteiger partial charge is 0.474 e. The van der Waals surface area contributed by atoms with Crippen LogP contribution in [0.2, 0.25) is 5.02 Å². The van der Waals surface area contributed by atoms with Gasteiger partial charge in [0, 0.05) is 55.0 Å². The lowest BCUT2D eigenvalue weighted by Crippen LogP contribution is -2.42. The third kappa shape index (κ3) is 5.70. The Bertz CT molecular complexity index is 1290. The normalized spacial score (nSPS) is 20.7. The number of ether oxygens (including phenoxy) is 1. The maximum atomic E-state index is 13.6. The van der Waals surface area contributed by atoms with Gasteiger partial charge in [-0.15, -0.1) is 10.2 Å². The van der Waals surface area contributed by atoms with E-state index < -0.39 is 5.82 Å². The van der Waals surface area contributed by atoms with E-state index in [2.05, 4.69) is 20.1 Å². The Balaban J connectivity index is 1.27. The van der Waals surface area contributed by atoms with Crippen LogP contribution in [0.5, 0.6) is 5.88 Å². The molecule has 2 aromatic heterocycles. The lowest BCUT2D eigenvalue weighted by molar-refractivity contribution is -0.135. The number of likely N-dealkylation sites (tertiary alicyclic amines) is 1. The summed E-state index contributed by atoms with van der Waals surface area (Å²) in [5.41, 5.74) is 1.39. The van der Waals surface area contributed by atoms with Crippen LogP contribution in [0.4, 0.5) is 10.2 Å². The Kier molecular flexibility index (Phi) is 7.70. The average Bonchev–Trinajstić information content (AvgIpc) is 3.40. The maximum absolute atomic E-state index is 13.6. The van der Waals surface area contributed by atoms with Crippen molar-refractivity contribution in [2.24, 2.45) is 11.8 Å². The van der Waals surface area contributed by atoms with Crippen molar-refractivity contribution < 1.29 is 13.9 Å². The van der Waals surface area contributed by atoms with Crippen molar-refractivity contribution in [2.45, 2.75) is 31.8 Å². The van der Waals surface area contributed by atoms with Crippen molar-refractivity contribution in [1.29, 1.82) is 5.26 Å². The van der Waals surface area contributed by atoms with Crippen molar-refractivity contribution in [1.82, 2.24) is 20.1 Å². The van der Waals surface area contributed by atoms with Gasteiger partial charge in [-0.3, -0.25) is 4.79 Å². The summed E-state index contributed by atoms with van der Waals surface area (Å²) in [5.74, 6) is 0.845. The average molecular weight is 535 g/mol. The molecule has 3 atom stereocenters. The summed E-state index contributed by atoms with van der Waals surface area (Å²) in [6.45, 7) is 4.53.